The number of anilines is 1. The molecule has 1 aliphatic heterocycles. The molecule has 0 bridgehead atoms. The maximum absolute atomic E-state index is 12.6. The molecule has 7 heteroatoms. The molecule has 1 aromatic heterocycles. The predicted octanol–water partition coefficient (Wildman–Crippen LogP) is 3.45. The summed E-state index contributed by atoms with van der Waals surface area (Å²) in [6.07, 6.45) is 0.160. The van der Waals surface area contributed by atoms with Gasteiger partial charge in [-0.2, -0.15) is 0 Å². The summed E-state index contributed by atoms with van der Waals surface area (Å²) in [5.74, 6) is 1.33. The molecule has 2 aromatic carbocycles. The van der Waals surface area contributed by atoms with Gasteiger partial charge in [0.15, 0.2) is 11.5 Å². The molecule has 2 heterocycles. The Kier molecular flexibility index (Phi) is 5.27. The normalized spacial score (nSPS) is 15.3. The average Bonchev–Trinajstić information content (AvgIpc) is 2.72. The Morgan fingerprint density at radius 3 is 2.67 bits per heavy atom. The summed E-state index contributed by atoms with van der Waals surface area (Å²) in [6, 6.07) is 13.5. The van der Waals surface area contributed by atoms with Gasteiger partial charge in [-0.15, -0.1) is 0 Å². The number of benzene rings is 2. The minimum absolute atomic E-state index is 0.160. The molecule has 2 N–H and O–H groups in total. The molecule has 0 fully saturated rings. The Labute approximate surface area is 174 Å². The first-order valence-electron chi connectivity index (χ1n) is 9.72. The topological polar surface area (TPSA) is 93.3 Å². The second-order valence-electron chi connectivity index (χ2n) is 7.34. The van der Waals surface area contributed by atoms with E-state index in [9.17, 15) is 9.59 Å². The van der Waals surface area contributed by atoms with Gasteiger partial charge in [0.1, 0.15) is 18.2 Å². The van der Waals surface area contributed by atoms with Gasteiger partial charge < -0.3 is 19.8 Å². The van der Waals surface area contributed by atoms with Gasteiger partial charge in [-0.25, -0.2) is 4.98 Å². The third kappa shape index (κ3) is 3.78. The van der Waals surface area contributed by atoms with Crippen molar-refractivity contribution in [3.8, 4) is 11.5 Å². The minimum atomic E-state index is -0.412. The molecule has 0 saturated heterocycles. The first kappa shape index (κ1) is 19.7. The maximum Gasteiger partial charge on any atom is 0.256 e. The number of aromatic nitrogens is 2. The lowest BCUT2D eigenvalue weighted by Gasteiger charge is -2.25. The highest BCUT2D eigenvalue weighted by Crippen LogP contribution is 2.38. The van der Waals surface area contributed by atoms with E-state index in [2.05, 4.69) is 15.3 Å². The van der Waals surface area contributed by atoms with E-state index in [1.54, 1.807) is 14.0 Å². The quantitative estimate of drug-likeness (QED) is 0.678. The van der Waals surface area contributed by atoms with Crippen LogP contribution >= 0.6 is 0 Å². The van der Waals surface area contributed by atoms with E-state index in [0.29, 0.717) is 35.3 Å². The van der Waals surface area contributed by atoms with Crippen molar-refractivity contribution in [1.29, 1.82) is 0 Å². The summed E-state index contributed by atoms with van der Waals surface area (Å²) in [7, 11) is 1.57. The second-order valence-corrected chi connectivity index (χ2v) is 7.34. The smallest absolute Gasteiger partial charge is 0.256 e. The first-order chi connectivity index (χ1) is 14.5. The summed E-state index contributed by atoms with van der Waals surface area (Å²) in [4.78, 5) is 31.8. The van der Waals surface area contributed by atoms with Gasteiger partial charge in [0, 0.05) is 12.3 Å². The zero-order chi connectivity index (χ0) is 21.3. The van der Waals surface area contributed by atoms with Crippen molar-refractivity contribution in [3.63, 3.8) is 0 Å². The zero-order valence-electron chi connectivity index (χ0n) is 17.1. The summed E-state index contributed by atoms with van der Waals surface area (Å²) in [6.45, 7) is 4.14. The second kappa shape index (κ2) is 8.02. The molecule has 0 aliphatic carbocycles. The number of aromatic amines is 1. The van der Waals surface area contributed by atoms with Crippen molar-refractivity contribution < 1.29 is 14.3 Å². The Balaban J connectivity index is 1.66. The predicted molar refractivity (Wildman–Crippen MR) is 113 cm³/mol. The SMILES string of the molecule is COc1cc([C@@H]2CC(=O)Nc3nc(C)[nH]c(=O)c32)ccc1OCc1ccccc1C. The molecule has 1 atom stereocenters. The number of nitrogens with one attached hydrogen (secondary N) is 2. The third-order valence-electron chi connectivity index (χ3n) is 5.30. The number of rotatable bonds is 5. The van der Waals surface area contributed by atoms with E-state index in [0.717, 1.165) is 16.7 Å². The van der Waals surface area contributed by atoms with Crippen molar-refractivity contribution in [2.75, 3.05) is 12.4 Å². The average molecular weight is 405 g/mol. The monoisotopic (exact) mass is 405 g/mol. The standard InChI is InChI=1S/C23H23N3O4/c1-13-6-4-5-7-16(13)12-30-18-9-8-15(10-19(18)29-3)17-11-20(27)26-22-21(17)23(28)25-14(2)24-22/h4-10,17H,11-12H2,1-3H3,(H2,24,25,26,27,28)/t17-/m0/s1. The summed E-state index contributed by atoms with van der Waals surface area (Å²) < 4.78 is 11.5. The molecule has 30 heavy (non-hydrogen) atoms. The van der Waals surface area contributed by atoms with Crippen LogP contribution in [0.1, 0.15) is 40.4 Å². The molecular weight excluding hydrogens is 382 g/mol. The van der Waals surface area contributed by atoms with Gasteiger partial charge in [-0.3, -0.25) is 9.59 Å². The Hall–Kier alpha value is -3.61. The van der Waals surface area contributed by atoms with Crippen LogP contribution in [-0.4, -0.2) is 23.0 Å². The molecule has 4 rings (SSSR count). The number of nitrogens with zero attached hydrogens (tertiary/aromatic N) is 1. The molecule has 3 aromatic rings. The molecule has 0 unspecified atom stereocenters. The highest BCUT2D eigenvalue weighted by molar-refractivity contribution is 5.94. The Bertz CT molecular complexity index is 1170. The van der Waals surface area contributed by atoms with Gasteiger partial charge >= 0.3 is 0 Å². The van der Waals surface area contributed by atoms with Gasteiger partial charge in [0.05, 0.1) is 12.7 Å². The minimum Gasteiger partial charge on any atom is -0.493 e. The van der Waals surface area contributed by atoms with Crippen molar-refractivity contribution in [3.05, 3.63) is 80.9 Å². The van der Waals surface area contributed by atoms with E-state index in [-0.39, 0.29) is 17.9 Å². The molecule has 7 nitrogen and oxygen atoms in total. The number of carbonyl (C=O) groups excluding carboxylic acids is 1. The van der Waals surface area contributed by atoms with E-state index in [1.807, 2.05) is 49.4 Å². The van der Waals surface area contributed by atoms with E-state index in [1.165, 1.54) is 0 Å². The van der Waals surface area contributed by atoms with Crippen LogP contribution in [-0.2, 0) is 11.4 Å². The van der Waals surface area contributed by atoms with Gasteiger partial charge in [0.2, 0.25) is 5.91 Å². The van der Waals surface area contributed by atoms with Gasteiger partial charge in [-0.1, -0.05) is 30.3 Å². The highest BCUT2D eigenvalue weighted by Gasteiger charge is 2.31. The van der Waals surface area contributed by atoms with Crippen LogP contribution < -0.4 is 20.3 Å². The lowest BCUT2D eigenvalue weighted by atomic mass is 9.86. The molecule has 1 aliphatic rings. The number of H-pyrrole nitrogens is 1. The summed E-state index contributed by atoms with van der Waals surface area (Å²) in [5, 5.41) is 2.70. The van der Waals surface area contributed by atoms with Crippen molar-refractivity contribution in [1.82, 2.24) is 9.97 Å². The number of hydrogen-bond acceptors (Lipinski definition) is 5. The number of aryl methyl sites for hydroxylation is 2. The van der Waals surface area contributed by atoms with Crippen LogP contribution in [0.4, 0.5) is 5.82 Å². The van der Waals surface area contributed by atoms with Crippen LogP contribution in [0.2, 0.25) is 0 Å². The zero-order valence-corrected chi connectivity index (χ0v) is 17.1. The maximum atomic E-state index is 12.6. The fourth-order valence-corrected chi connectivity index (χ4v) is 3.72. The fourth-order valence-electron chi connectivity index (χ4n) is 3.72. The van der Waals surface area contributed by atoms with E-state index >= 15 is 0 Å². The first-order valence-corrected chi connectivity index (χ1v) is 9.72. The van der Waals surface area contributed by atoms with Gasteiger partial charge in [0.25, 0.3) is 5.56 Å². The third-order valence-corrected chi connectivity index (χ3v) is 5.30. The Morgan fingerprint density at radius 2 is 1.90 bits per heavy atom. The molecular formula is C23H23N3O4. The van der Waals surface area contributed by atoms with Crippen LogP contribution in [0.25, 0.3) is 0 Å². The van der Waals surface area contributed by atoms with E-state index < -0.39 is 5.92 Å². The number of ether oxygens (including phenoxy) is 2. The Morgan fingerprint density at radius 1 is 1.10 bits per heavy atom. The van der Waals surface area contributed by atoms with Crippen LogP contribution in [0, 0.1) is 13.8 Å². The summed E-state index contributed by atoms with van der Waals surface area (Å²) in [5.41, 5.74) is 3.24. The lowest BCUT2D eigenvalue weighted by Crippen LogP contribution is -2.31. The lowest BCUT2D eigenvalue weighted by molar-refractivity contribution is -0.116. The number of hydrogen-bond donors (Lipinski definition) is 2. The van der Waals surface area contributed by atoms with Gasteiger partial charge in [-0.05, 0) is 42.7 Å². The number of carbonyl (C=O) groups is 1. The molecule has 0 spiro atoms. The highest BCUT2D eigenvalue weighted by atomic mass is 16.5. The van der Waals surface area contributed by atoms with Crippen molar-refractivity contribution in [2.45, 2.75) is 32.8 Å². The largest absolute Gasteiger partial charge is 0.493 e. The molecule has 154 valence electrons. The molecule has 1 amide bonds. The van der Waals surface area contributed by atoms with Crippen molar-refractivity contribution in [2.24, 2.45) is 0 Å². The number of amides is 1. The molecule has 0 radical (unpaired) electrons. The van der Waals surface area contributed by atoms with Crippen LogP contribution in [0.15, 0.2) is 47.3 Å². The van der Waals surface area contributed by atoms with E-state index in [4.69, 9.17) is 9.47 Å². The van der Waals surface area contributed by atoms with Crippen LogP contribution in [0.3, 0.4) is 0 Å². The molecule has 0 saturated carbocycles. The number of methoxy groups -OCH3 is 1. The number of fused-ring (bicyclic) bond motifs is 1. The fraction of sp³-hybridized carbons (Fsp3) is 0.261. The van der Waals surface area contributed by atoms with Crippen LogP contribution in [0.5, 0.6) is 11.5 Å². The summed E-state index contributed by atoms with van der Waals surface area (Å²) >= 11 is 0. The van der Waals surface area contributed by atoms with Crippen molar-refractivity contribution >= 4 is 11.7 Å².